The van der Waals surface area contributed by atoms with Crippen LogP contribution in [-0.4, -0.2) is 69.7 Å². The molecule has 1 aromatic heterocycles. The van der Waals surface area contributed by atoms with Crippen molar-refractivity contribution in [3.8, 4) is 0 Å². The van der Waals surface area contributed by atoms with Crippen LogP contribution in [0.5, 0.6) is 0 Å². The lowest BCUT2D eigenvalue weighted by Gasteiger charge is -2.25. The number of nitrogens with two attached hydrogens (primary N) is 1. The molecular formula is C25H37N5O6. The molecule has 0 aliphatic heterocycles. The normalized spacial score (nSPS) is 14.8. The number of carboxylic acids is 1. The number of hydrogen-bond donors (Lipinski definition) is 7. The van der Waals surface area contributed by atoms with Crippen molar-refractivity contribution in [1.29, 1.82) is 0 Å². The van der Waals surface area contributed by atoms with Crippen LogP contribution >= 0.6 is 0 Å². The van der Waals surface area contributed by atoms with Crippen molar-refractivity contribution < 1.29 is 29.4 Å². The largest absolute Gasteiger partial charge is 0.480 e. The van der Waals surface area contributed by atoms with E-state index in [1.54, 1.807) is 20.0 Å². The van der Waals surface area contributed by atoms with Crippen LogP contribution in [0, 0.1) is 11.8 Å². The van der Waals surface area contributed by atoms with Crippen LogP contribution < -0.4 is 21.7 Å². The molecule has 11 heteroatoms. The molecule has 0 saturated carbocycles. The SMILES string of the molecule is CC(C)CC(NC(=O)C(Cc1c[nH]c2ccccc12)NC(=O)C(CO)NC(=O)C(N)C(C)C)C(=O)O. The molecule has 4 unspecified atom stereocenters. The molecule has 11 nitrogen and oxygen atoms in total. The Balaban J connectivity index is 2.28. The number of benzene rings is 1. The predicted octanol–water partition coefficient (Wildman–Crippen LogP) is 0.271. The molecule has 1 aromatic carbocycles. The second-order valence-corrected chi connectivity index (χ2v) is 9.67. The first-order valence-electron chi connectivity index (χ1n) is 12.0. The summed E-state index contributed by atoms with van der Waals surface area (Å²) in [5.74, 6) is -3.47. The number of H-pyrrole nitrogens is 1. The average molecular weight is 504 g/mol. The summed E-state index contributed by atoms with van der Waals surface area (Å²) in [6, 6.07) is 2.88. The average Bonchev–Trinajstić information content (AvgIpc) is 3.23. The molecule has 0 aliphatic rings. The summed E-state index contributed by atoms with van der Waals surface area (Å²) in [6.07, 6.45) is 1.97. The molecule has 8 N–H and O–H groups in total. The summed E-state index contributed by atoms with van der Waals surface area (Å²) >= 11 is 0. The van der Waals surface area contributed by atoms with Gasteiger partial charge in [0, 0.05) is 23.5 Å². The molecule has 0 saturated heterocycles. The Morgan fingerprint density at radius 3 is 2.08 bits per heavy atom. The molecule has 3 amide bonds. The fourth-order valence-electron chi connectivity index (χ4n) is 3.73. The van der Waals surface area contributed by atoms with E-state index >= 15 is 0 Å². The summed E-state index contributed by atoms with van der Waals surface area (Å²) in [6.45, 7) is 6.45. The first-order valence-corrected chi connectivity index (χ1v) is 12.0. The van der Waals surface area contributed by atoms with E-state index in [-0.39, 0.29) is 24.7 Å². The van der Waals surface area contributed by atoms with Crippen molar-refractivity contribution in [3.05, 3.63) is 36.0 Å². The van der Waals surface area contributed by atoms with E-state index < -0.39 is 54.5 Å². The summed E-state index contributed by atoms with van der Waals surface area (Å²) in [4.78, 5) is 53.3. The maximum atomic E-state index is 13.2. The number of nitrogens with one attached hydrogen (secondary N) is 4. The van der Waals surface area contributed by atoms with Gasteiger partial charge in [0.1, 0.15) is 18.1 Å². The highest BCUT2D eigenvalue weighted by Gasteiger charge is 2.31. The number of amides is 3. The van der Waals surface area contributed by atoms with Crippen molar-refractivity contribution in [2.45, 2.75) is 64.7 Å². The number of aliphatic hydroxyl groups is 1. The second kappa shape index (κ2) is 13.0. The number of para-hydroxylation sites is 1. The van der Waals surface area contributed by atoms with Crippen LogP contribution in [0.1, 0.15) is 39.7 Å². The zero-order valence-corrected chi connectivity index (χ0v) is 21.1. The molecule has 0 aliphatic carbocycles. The van der Waals surface area contributed by atoms with Crippen LogP contribution in [0.25, 0.3) is 10.9 Å². The van der Waals surface area contributed by atoms with Crippen molar-refractivity contribution >= 4 is 34.6 Å². The minimum atomic E-state index is -1.34. The Kier molecular flexibility index (Phi) is 10.4. The number of hydrogen-bond acceptors (Lipinski definition) is 6. The summed E-state index contributed by atoms with van der Waals surface area (Å²) in [5, 5.41) is 27.6. The van der Waals surface area contributed by atoms with E-state index in [1.807, 2.05) is 38.1 Å². The molecule has 1 heterocycles. The van der Waals surface area contributed by atoms with Gasteiger partial charge in [-0.3, -0.25) is 14.4 Å². The fourth-order valence-corrected chi connectivity index (χ4v) is 3.73. The molecular weight excluding hydrogens is 466 g/mol. The highest BCUT2D eigenvalue weighted by molar-refractivity contribution is 5.95. The van der Waals surface area contributed by atoms with Gasteiger partial charge in [0.25, 0.3) is 0 Å². The van der Waals surface area contributed by atoms with E-state index in [4.69, 9.17) is 5.73 Å². The highest BCUT2D eigenvalue weighted by atomic mass is 16.4. The number of aromatic amines is 1. The molecule has 2 rings (SSSR count). The number of aliphatic hydroxyl groups excluding tert-OH is 1. The third kappa shape index (κ3) is 7.79. The number of rotatable bonds is 13. The van der Waals surface area contributed by atoms with E-state index in [2.05, 4.69) is 20.9 Å². The zero-order chi connectivity index (χ0) is 27.0. The maximum absolute atomic E-state index is 13.2. The third-order valence-electron chi connectivity index (χ3n) is 5.89. The number of fused-ring (bicyclic) bond motifs is 1. The number of carbonyl (C=O) groups is 4. The number of carbonyl (C=O) groups excluding carboxylic acids is 3. The molecule has 0 bridgehead atoms. The minimum Gasteiger partial charge on any atom is -0.480 e. The van der Waals surface area contributed by atoms with Crippen molar-refractivity contribution in [1.82, 2.24) is 20.9 Å². The molecule has 0 fully saturated rings. The molecule has 2 aromatic rings. The van der Waals surface area contributed by atoms with Gasteiger partial charge < -0.3 is 36.9 Å². The monoisotopic (exact) mass is 503 g/mol. The zero-order valence-electron chi connectivity index (χ0n) is 21.1. The molecule has 36 heavy (non-hydrogen) atoms. The maximum Gasteiger partial charge on any atom is 0.326 e. The quantitative estimate of drug-likeness (QED) is 0.204. The van der Waals surface area contributed by atoms with Gasteiger partial charge in [-0.2, -0.15) is 0 Å². The van der Waals surface area contributed by atoms with Crippen molar-refractivity contribution in [2.24, 2.45) is 17.6 Å². The first-order chi connectivity index (χ1) is 16.9. The van der Waals surface area contributed by atoms with Gasteiger partial charge in [-0.1, -0.05) is 45.9 Å². The van der Waals surface area contributed by atoms with E-state index in [9.17, 15) is 29.4 Å². The Bertz CT molecular complexity index is 1070. The fraction of sp³-hybridized carbons (Fsp3) is 0.520. The Morgan fingerprint density at radius 2 is 1.50 bits per heavy atom. The lowest BCUT2D eigenvalue weighted by atomic mass is 10.0. The standard InChI is InChI=1S/C25H37N5O6/c1-13(2)9-19(25(35)36)29-22(32)18(10-15-11-27-17-8-6-5-7-16(15)17)28-23(33)20(12-31)30-24(34)21(26)14(3)4/h5-8,11,13-14,18-21,27,31H,9-10,12,26H2,1-4H3,(H,28,33)(H,29,32)(H,30,34)(H,35,36). The summed E-state index contributed by atoms with van der Waals surface area (Å²) < 4.78 is 0. The number of carboxylic acid groups (broad SMARTS) is 1. The van der Waals surface area contributed by atoms with Gasteiger partial charge in [-0.25, -0.2) is 4.79 Å². The Labute approximate surface area is 210 Å². The van der Waals surface area contributed by atoms with Gasteiger partial charge in [0.05, 0.1) is 12.6 Å². The van der Waals surface area contributed by atoms with Crippen LogP contribution in [0.4, 0.5) is 0 Å². The van der Waals surface area contributed by atoms with Crippen LogP contribution in [0.2, 0.25) is 0 Å². The Morgan fingerprint density at radius 1 is 0.917 bits per heavy atom. The van der Waals surface area contributed by atoms with Crippen LogP contribution in [0.15, 0.2) is 30.5 Å². The topological polar surface area (TPSA) is 187 Å². The van der Waals surface area contributed by atoms with Gasteiger partial charge in [0.15, 0.2) is 0 Å². The lowest BCUT2D eigenvalue weighted by molar-refractivity contribution is -0.142. The number of aliphatic carboxylic acids is 1. The van der Waals surface area contributed by atoms with Gasteiger partial charge in [0.2, 0.25) is 17.7 Å². The molecule has 0 radical (unpaired) electrons. The summed E-state index contributed by atoms with van der Waals surface area (Å²) in [7, 11) is 0. The molecule has 0 spiro atoms. The highest BCUT2D eigenvalue weighted by Crippen LogP contribution is 2.19. The van der Waals surface area contributed by atoms with Crippen molar-refractivity contribution in [2.75, 3.05) is 6.61 Å². The smallest absolute Gasteiger partial charge is 0.326 e. The van der Waals surface area contributed by atoms with Crippen molar-refractivity contribution in [3.63, 3.8) is 0 Å². The van der Waals surface area contributed by atoms with Gasteiger partial charge >= 0.3 is 5.97 Å². The van der Waals surface area contributed by atoms with E-state index in [0.29, 0.717) is 0 Å². The third-order valence-corrected chi connectivity index (χ3v) is 5.89. The minimum absolute atomic E-state index is 0.00667. The van der Waals surface area contributed by atoms with Gasteiger partial charge in [-0.05, 0) is 29.9 Å². The first kappa shape index (κ1) is 28.8. The second-order valence-electron chi connectivity index (χ2n) is 9.67. The lowest BCUT2D eigenvalue weighted by Crippen LogP contribution is -2.59. The van der Waals surface area contributed by atoms with Crippen LogP contribution in [-0.2, 0) is 25.6 Å². The molecule has 4 atom stereocenters. The molecule has 198 valence electrons. The summed E-state index contributed by atoms with van der Waals surface area (Å²) in [5.41, 5.74) is 7.40. The predicted molar refractivity (Wildman–Crippen MR) is 135 cm³/mol. The van der Waals surface area contributed by atoms with E-state index in [0.717, 1.165) is 16.5 Å². The Hall–Kier alpha value is -3.44. The number of aromatic nitrogens is 1. The van der Waals surface area contributed by atoms with Crippen LogP contribution in [0.3, 0.4) is 0 Å². The van der Waals surface area contributed by atoms with Gasteiger partial charge in [-0.15, -0.1) is 0 Å². The van der Waals surface area contributed by atoms with E-state index in [1.165, 1.54) is 0 Å².